The van der Waals surface area contributed by atoms with Gasteiger partial charge in [-0.05, 0) is 29.1 Å². The smallest absolute Gasteiger partial charge is 0.282 e. The van der Waals surface area contributed by atoms with Crippen LogP contribution in [0.4, 0.5) is 17.1 Å². The van der Waals surface area contributed by atoms with Gasteiger partial charge in [0.1, 0.15) is 22.0 Å². The Morgan fingerprint density at radius 2 is 1.50 bits per heavy atom. The first-order valence-corrected chi connectivity index (χ1v) is 8.30. The van der Waals surface area contributed by atoms with Crippen LogP contribution in [0.2, 0.25) is 0 Å². The highest BCUT2D eigenvalue weighted by Crippen LogP contribution is 2.35. The lowest BCUT2D eigenvalue weighted by molar-refractivity contribution is 0.483. The van der Waals surface area contributed by atoms with Crippen molar-refractivity contribution in [1.82, 2.24) is 5.53 Å². The molecule has 0 unspecified atom stereocenters. The highest BCUT2D eigenvalue weighted by molar-refractivity contribution is 7.86. The van der Waals surface area contributed by atoms with E-state index in [0.717, 1.165) is 5.39 Å². The van der Waals surface area contributed by atoms with E-state index in [1.165, 1.54) is 12.1 Å². The summed E-state index contributed by atoms with van der Waals surface area (Å²) in [5.74, 6) is 0. The summed E-state index contributed by atoms with van der Waals surface area (Å²) in [6.07, 6.45) is 0. The van der Waals surface area contributed by atoms with E-state index < -0.39 is 10.1 Å². The Hall–Kier alpha value is -2.97. The third-order valence-electron chi connectivity index (χ3n) is 3.39. The van der Waals surface area contributed by atoms with Crippen molar-refractivity contribution in [2.45, 2.75) is 4.90 Å². The molecule has 0 saturated carbocycles. The van der Waals surface area contributed by atoms with Crippen LogP contribution in [-0.2, 0) is 10.1 Å². The lowest BCUT2D eigenvalue weighted by atomic mass is 10.1. The Morgan fingerprint density at radius 1 is 0.833 bits per heavy atom. The fourth-order valence-corrected chi connectivity index (χ4v) is 2.92. The van der Waals surface area contributed by atoms with Crippen LogP contribution in [0.25, 0.3) is 10.8 Å². The van der Waals surface area contributed by atoms with Gasteiger partial charge in [-0.3, -0.25) is 4.55 Å². The van der Waals surface area contributed by atoms with Crippen LogP contribution < -0.4 is 5.53 Å². The molecule has 1 radical (unpaired) electrons. The van der Waals surface area contributed by atoms with Crippen molar-refractivity contribution >= 4 is 38.0 Å². The molecule has 7 nitrogen and oxygen atoms in total. The number of benzene rings is 3. The average Bonchev–Trinajstić information content (AvgIpc) is 2.58. The van der Waals surface area contributed by atoms with Crippen molar-refractivity contribution in [2.24, 2.45) is 15.3 Å². The molecule has 0 fully saturated rings. The molecular weight excluding hydrogens is 328 g/mol. The lowest BCUT2D eigenvalue weighted by Gasteiger charge is -2.06. The van der Waals surface area contributed by atoms with E-state index in [9.17, 15) is 13.0 Å². The Labute approximate surface area is 137 Å². The molecule has 3 aromatic rings. The van der Waals surface area contributed by atoms with E-state index in [4.69, 9.17) is 5.53 Å². The Bertz CT molecular complexity index is 1060. The maximum atomic E-state index is 11.6. The minimum absolute atomic E-state index is 0.0170. The molecule has 0 spiro atoms. The highest BCUT2D eigenvalue weighted by atomic mass is 32.2. The standard InChI is InChI=1S/C16H11N4O3S/c17-18-13-7-3-4-8-14(13)19-20-16-12-6-2-1-5-11(12)9-10-15(16)24(21,22)23/h1-10H,(H,21,22,23)/b20-19+. The minimum Gasteiger partial charge on any atom is -0.282 e. The van der Waals surface area contributed by atoms with E-state index in [1.807, 2.05) is 0 Å². The van der Waals surface area contributed by atoms with Gasteiger partial charge in [0, 0.05) is 5.39 Å². The minimum atomic E-state index is -4.47. The molecule has 0 aliphatic heterocycles. The number of fused-ring (bicyclic) bond motifs is 1. The largest absolute Gasteiger partial charge is 0.296 e. The maximum Gasteiger partial charge on any atom is 0.296 e. The molecule has 0 aromatic heterocycles. The summed E-state index contributed by atoms with van der Waals surface area (Å²) < 4.78 is 32.7. The van der Waals surface area contributed by atoms with Gasteiger partial charge in [-0.15, -0.1) is 15.3 Å². The zero-order valence-electron chi connectivity index (χ0n) is 12.2. The molecule has 0 atom stereocenters. The molecule has 24 heavy (non-hydrogen) atoms. The molecule has 0 amide bonds. The average molecular weight is 339 g/mol. The first-order chi connectivity index (χ1) is 11.5. The van der Waals surface area contributed by atoms with E-state index in [1.54, 1.807) is 48.5 Å². The van der Waals surface area contributed by atoms with Crippen molar-refractivity contribution in [1.29, 1.82) is 0 Å². The fraction of sp³-hybridized carbons (Fsp3) is 0. The molecule has 119 valence electrons. The summed E-state index contributed by atoms with van der Waals surface area (Å²) in [4.78, 5) is -0.344. The second-order valence-electron chi connectivity index (χ2n) is 4.90. The zero-order chi connectivity index (χ0) is 17.2. The van der Waals surface area contributed by atoms with Gasteiger partial charge in [-0.1, -0.05) is 42.5 Å². The highest BCUT2D eigenvalue weighted by Gasteiger charge is 2.18. The van der Waals surface area contributed by atoms with Gasteiger partial charge in [0.05, 0.1) is 0 Å². The number of nitrogens with zero attached hydrogens (tertiary/aromatic N) is 4. The summed E-state index contributed by atoms with van der Waals surface area (Å²) in [5, 5.41) is 12.3. The molecule has 3 aromatic carbocycles. The van der Waals surface area contributed by atoms with Crippen LogP contribution in [0.1, 0.15) is 0 Å². The van der Waals surface area contributed by atoms with Gasteiger partial charge < -0.3 is 0 Å². The Balaban J connectivity index is 2.24. The van der Waals surface area contributed by atoms with Crippen LogP contribution in [0, 0.1) is 0 Å². The van der Waals surface area contributed by atoms with Crippen molar-refractivity contribution in [2.75, 3.05) is 0 Å². The summed E-state index contributed by atoms with van der Waals surface area (Å²) in [6, 6.07) is 16.3. The molecule has 0 heterocycles. The summed E-state index contributed by atoms with van der Waals surface area (Å²) in [5.41, 5.74) is 9.42. The lowest BCUT2D eigenvalue weighted by Crippen LogP contribution is -1.98. The molecule has 8 heteroatoms. The third kappa shape index (κ3) is 3.05. The molecule has 0 bridgehead atoms. The zero-order valence-corrected chi connectivity index (χ0v) is 13.1. The van der Waals surface area contributed by atoms with Gasteiger partial charge in [0.15, 0.2) is 0 Å². The molecule has 3 rings (SSSR count). The van der Waals surface area contributed by atoms with Crippen molar-refractivity contribution in [3.05, 3.63) is 60.7 Å². The maximum absolute atomic E-state index is 11.6. The number of azo groups is 1. The SMILES string of the molecule is [N]=Nc1ccccc1/N=N/c1c(S(=O)(=O)O)ccc2ccccc12. The monoisotopic (exact) mass is 339 g/mol. The van der Waals surface area contributed by atoms with Crippen molar-refractivity contribution < 1.29 is 13.0 Å². The van der Waals surface area contributed by atoms with Gasteiger partial charge in [0.25, 0.3) is 10.1 Å². The van der Waals surface area contributed by atoms with Crippen molar-refractivity contribution in [3.63, 3.8) is 0 Å². The van der Waals surface area contributed by atoms with Crippen LogP contribution in [0.3, 0.4) is 0 Å². The number of rotatable bonds is 4. The fourth-order valence-electron chi connectivity index (χ4n) is 2.28. The van der Waals surface area contributed by atoms with Crippen LogP contribution in [0.5, 0.6) is 0 Å². The van der Waals surface area contributed by atoms with E-state index in [0.29, 0.717) is 5.39 Å². The Morgan fingerprint density at radius 3 is 2.21 bits per heavy atom. The second kappa shape index (κ2) is 6.26. The molecule has 0 aliphatic rings. The quantitative estimate of drug-likeness (QED) is 0.561. The normalized spacial score (nSPS) is 11.9. The number of hydrogen-bond acceptors (Lipinski definition) is 5. The van der Waals surface area contributed by atoms with E-state index in [-0.39, 0.29) is 22.0 Å². The van der Waals surface area contributed by atoms with Crippen LogP contribution >= 0.6 is 0 Å². The number of hydrogen-bond donors (Lipinski definition) is 1. The van der Waals surface area contributed by atoms with Gasteiger partial charge in [0.2, 0.25) is 0 Å². The first kappa shape index (κ1) is 15.9. The van der Waals surface area contributed by atoms with Gasteiger partial charge in [-0.25, -0.2) is 0 Å². The topological polar surface area (TPSA) is 114 Å². The molecular formula is C16H11N4O3S. The summed E-state index contributed by atoms with van der Waals surface area (Å²) in [7, 11) is -4.47. The first-order valence-electron chi connectivity index (χ1n) is 6.86. The molecule has 0 aliphatic carbocycles. The van der Waals surface area contributed by atoms with Crippen molar-refractivity contribution in [3.8, 4) is 0 Å². The molecule has 0 saturated heterocycles. The molecule has 1 N–H and O–H groups in total. The van der Waals surface area contributed by atoms with Crippen LogP contribution in [0.15, 0.2) is 80.9 Å². The summed E-state index contributed by atoms with van der Waals surface area (Å²) >= 11 is 0. The third-order valence-corrected chi connectivity index (χ3v) is 4.27. The predicted octanol–water partition coefficient (Wildman–Crippen LogP) is 4.39. The Kier molecular flexibility index (Phi) is 4.15. The van der Waals surface area contributed by atoms with E-state index in [2.05, 4.69) is 15.3 Å². The predicted molar refractivity (Wildman–Crippen MR) is 88.6 cm³/mol. The van der Waals surface area contributed by atoms with E-state index >= 15 is 0 Å². The summed E-state index contributed by atoms with van der Waals surface area (Å²) in [6.45, 7) is 0. The van der Waals surface area contributed by atoms with Crippen LogP contribution in [-0.4, -0.2) is 13.0 Å². The van der Waals surface area contributed by atoms with Gasteiger partial charge in [-0.2, -0.15) is 8.42 Å². The second-order valence-corrected chi connectivity index (χ2v) is 6.29. The van der Waals surface area contributed by atoms with Gasteiger partial charge >= 0.3 is 0 Å².